The van der Waals surface area contributed by atoms with E-state index in [1.807, 2.05) is 96.6 Å². The normalized spacial score (nSPS) is 12.7. The van der Waals surface area contributed by atoms with Crippen LogP contribution in [0.5, 0.6) is 11.5 Å². The molecule has 14 rings (SSSR count). The number of aryl methyl sites for hydroxylation is 1. The van der Waals surface area contributed by atoms with Crippen LogP contribution in [0.4, 0.5) is 22.7 Å². The van der Waals surface area contributed by atoms with Gasteiger partial charge < -0.3 is 19.1 Å². The Hall–Kier alpha value is -9.54. The zero-order chi connectivity index (χ0) is 57.9. The Kier molecular flexibility index (Phi) is 13.1. The minimum Gasteiger partial charge on any atom is -0.509 e. The third-order valence-electron chi connectivity index (χ3n) is 15.7. The average Bonchev–Trinajstić information content (AvgIpc) is 2.20. The summed E-state index contributed by atoms with van der Waals surface area (Å²) < 4.78 is 37.9. The van der Waals surface area contributed by atoms with Crippen LogP contribution in [-0.2, 0) is 26.5 Å². The minimum atomic E-state index is -0.297. The van der Waals surface area contributed by atoms with Crippen LogP contribution in [0.15, 0.2) is 267 Å². The molecule has 6 heteroatoms. The second-order valence-corrected chi connectivity index (χ2v) is 21.9. The van der Waals surface area contributed by atoms with Gasteiger partial charge in [0.25, 0.3) is 0 Å². The van der Waals surface area contributed by atoms with Gasteiger partial charge in [0, 0.05) is 79.4 Å². The van der Waals surface area contributed by atoms with Crippen LogP contribution in [0.3, 0.4) is 0 Å². The molecule has 5 nitrogen and oxygen atoms in total. The summed E-state index contributed by atoms with van der Waals surface area (Å²) in [6, 6.07) is 90.5. The molecule has 1 aliphatic heterocycles. The molecule has 0 unspecified atom stereocenters. The number of rotatable bonds is 11. The number of hydrogen-bond acceptors (Lipinski definition) is 4. The summed E-state index contributed by atoms with van der Waals surface area (Å²) in [5, 5.41) is 1.94. The number of pyridine rings is 1. The van der Waals surface area contributed by atoms with Crippen molar-refractivity contribution < 1.29 is 29.9 Å². The minimum absolute atomic E-state index is 0. The number of hydrogen-bond donors (Lipinski definition) is 0. The third-order valence-corrected chi connectivity index (χ3v) is 15.7. The van der Waals surface area contributed by atoms with Crippen molar-refractivity contribution in [1.29, 1.82) is 0 Å². The maximum atomic E-state index is 9.66. The topological polar surface area (TPSA) is 33.5 Å². The Morgan fingerprint density at radius 1 is 0.482 bits per heavy atom. The predicted octanol–water partition coefficient (Wildman–Crippen LogP) is 20.6. The first-order valence-electron chi connectivity index (χ1n) is 29.3. The maximum absolute atomic E-state index is 9.66. The monoisotopic (exact) mass is 1250 g/mol. The van der Waals surface area contributed by atoms with Gasteiger partial charge in [-0.15, -0.1) is 42.0 Å². The smallest absolute Gasteiger partial charge is 0.135 e. The molecule has 0 amide bonds. The van der Waals surface area contributed by atoms with Crippen molar-refractivity contribution in [1.82, 2.24) is 9.55 Å². The first-order valence-corrected chi connectivity index (χ1v) is 27.8. The number of aromatic nitrogens is 2. The molecule has 404 valence electrons. The van der Waals surface area contributed by atoms with Crippen molar-refractivity contribution in [2.75, 3.05) is 9.80 Å². The molecule has 13 aromatic rings. The van der Waals surface area contributed by atoms with E-state index in [9.17, 15) is 4.11 Å². The fourth-order valence-electron chi connectivity index (χ4n) is 11.5. The van der Waals surface area contributed by atoms with Gasteiger partial charge in [-0.25, -0.2) is 4.98 Å². The van der Waals surface area contributed by atoms with E-state index in [1.54, 1.807) is 0 Å². The van der Waals surface area contributed by atoms with E-state index in [0.717, 1.165) is 111 Å². The Bertz CT molecular complexity index is 4680. The number of para-hydroxylation sites is 3. The second kappa shape index (κ2) is 22.1. The molecule has 1 aliphatic rings. The summed E-state index contributed by atoms with van der Waals surface area (Å²) >= 11 is 0. The molecule has 3 heterocycles. The van der Waals surface area contributed by atoms with Crippen molar-refractivity contribution in [3.05, 3.63) is 297 Å². The first-order chi connectivity index (χ1) is 41.4. The summed E-state index contributed by atoms with van der Waals surface area (Å²) in [7, 11) is 0. The molecule has 0 spiro atoms. The van der Waals surface area contributed by atoms with Crippen molar-refractivity contribution in [3.63, 3.8) is 0 Å². The van der Waals surface area contributed by atoms with Crippen LogP contribution >= 0.6 is 0 Å². The van der Waals surface area contributed by atoms with Crippen LogP contribution < -0.4 is 14.5 Å². The van der Waals surface area contributed by atoms with Crippen molar-refractivity contribution in [2.45, 2.75) is 33.1 Å². The van der Waals surface area contributed by atoms with Crippen molar-refractivity contribution in [3.8, 4) is 84.1 Å². The van der Waals surface area contributed by atoms with Gasteiger partial charge in [0.1, 0.15) is 5.82 Å². The van der Waals surface area contributed by atoms with E-state index in [1.165, 1.54) is 5.56 Å². The number of anilines is 4. The van der Waals surface area contributed by atoms with Crippen LogP contribution in [-0.4, -0.2) is 9.55 Å². The largest absolute Gasteiger partial charge is 0.509 e. The zero-order valence-corrected chi connectivity index (χ0v) is 48.5. The van der Waals surface area contributed by atoms with Crippen LogP contribution in [0.25, 0.3) is 94.4 Å². The van der Waals surface area contributed by atoms with E-state index in [4.69, 9.17) is 9.72 Å². The van der Waals surface area contributed by atoms with Crippen molar-refractivity contribution in [2.24, 2.45) is 0 Å². The molecule has 83 heavy (non-hydrogen) atoms. The van der Waals surface area contributed by atoms with Gasteiger partial charge in [-0.1, -0.05) is 244 Å². The molecule has 11 aromatic carbocycles. The molecule has 0 radical (unpaired) electrons. The molecule has 0 bridgehead atoms. The molecule has 0 saturated carbocycles. The molecule has 0 atom stereocenters. The number of ether oxygens (including phenoxy) is 1. The standard InChI is InChI=1S/C77H57N4O.Pt/c1-52-44-75(78-50-69(52)56-28-15-8-16-29-56)81-70-43-40-59(54-24-11-6-12-25-54)46-67(70)68-48-66(55-26-13-7-14-27-55)74(49-73(68)81)82-63-33-20-32-62(47-63)79-51-80(72-37-18-17-36-71(72)79)76-64(57-38-41-61(42-39-57)77(2,3)4)34-21-35-65(76)60-31-19-30-58(45-60)53-22-9-5-10-23-53;/h5-46,48,50-51H,1-4H3;/q-3;/i20D,32D,33D;. The van der Waals surface area contributed by atoms with Crippen LogP contribution in [0.1, 0.15) is 36.0 Å². The van der Waals surface area contributed by atoms with Crippen LogP contribution in [0.2, 0.25) is 0 Å². The SMILES string of the molecule is [2H]c1c(Oc2[c-]c3c(cc2-c2ccccc2)c2cc(-c4ccccc4)ccc2n3-c2cc(C)c(-c3ccccc3)cn2)[c-]c(N2[CH-]N(c3c(-c4ccc(C(C)(C)C)cc4)cccc3-c3cccc(-c4ccccc4)c3)c3ccccc32)c([2H])c1[2H].[Pt]. The Balaban J connectivity index is 0.00000686. The predicted molar refractivity (Wildman–Crippen MR) is 340 cm³/mol. The fourth-order valence-corrected chi connectivity index (χ4v) is 11.5. The van der Waals surface area contributed by atoms with E-state index in [0.29, 0.717) is 11.6 Å². The Morgan fingerprint density at radius 2 is 1.02 bits per heavy atom. The molecule has 2 aromatic heterocycles. The second-order valence-electron chi connectivity index (χ2n) is 21.9. The average molecular weight is 1250 g/mol. The van der Waals surface area contributed by atoms with E-state index in [2.05, 4.69) is 213 Å². The van der Waals surface area contributed by atoms with Gasteiger partial charge in [-0.05, 0) is 101 Å². The number of benzene rings is 11. The Morgan fingerprint density at radius 3 is 1.67 bits per heavy atom. The molecule has 0 saturated heterocycles. The van der Waals surface area contributed by atoms with E-state index >= 15 is 0 Å². The number of fused-ring (bicyclic) bond motifs is 4. The summed E-state index contributed by atoms with van der Waals surface area (Å²) in [4.78, 5) is 9.25. The Labute approximate surface area is 504 Å². The summed E-state index contributed by atoms with van der Waals surface area (Å²) in [5.74, 6) is 1.03. The molecular formula is C77H57N4OPt-3. The van der Waals surface area contributed by atoms with Gasteiger partial charge in [-0.3, -0.25) is 0 Å². The molecule has 0 N–H and O–H groups in total. The quantitative estimate of drug-likeness (QED) is 0.121. The zero-order valence-electron chi connectivity index (χ0n) is 49.3. The van der Waals surface area contributed by atoms with Gasteiger partial charge in [0.2, 0.25) is 0 Å². The van der Waals surface area contributed by atoms with Gasteiger partial charge in [0.05, 0.1) is 0 Å². The third kappa shape index (κ3) is 10.0. The van der Waals surface area contributed by atoms with Crippen LogP contribution in [0, 0.1) is 25.7 Å². The molecule has 0 fully saturated rings. The summed E-state index contributed by atoms with van der Waals surface area (Å²) in [6.07, 6.45) is 1.94. The van der Waals surface area contributed by atoms with E-state index < -0.39 is 0 Å². The summed E-state index contributed by atoms with van der Waals surface area (Å²) in [5.41, 5.74) is 19.0. The van der Waals surface area contributed by atoms with Crippen molar-refractivity contribution >= 4 is 44.6 Å². The molecule has 0 aliphatic carbocycles. The maximum Gasteiger partial charge on any atom is 0.135 e. The fraction of sp³-hybridized carbons (Fsp3) is 0.0649. The van der Waals surface area contributed by atoms with Gasteiger partial charge in [0.15, 0.2) is 0 Å². The number of nitrogens with zero attached hydrogens (tertiary/aromatic N) is 4. The van der Waals surface area contributed by atoms with Gasteiger partial charge >= 0.3 is 0 Å². The summed E-state index contributed by atoms with van der Waals surface area (Å²) in [6.45, 7) is 10.8. The molecular weight excluding hydrogens is 1190 g/mol. The van der Waals surface area contributed by atoms with E-state index in [-0.39, 0.29) is 56.0 Å². The first kappa shape index (κ1) is 49.3. The van der Waals surface area contributed by atoms with Gasteiger partial charge in [-0.2, -0.15) is 12.1 Å².